The number of hydrogen-bond acceptors (Lipinski definition) is 5. The average Bonchev–Trinajstić information content (AvgIpc) is 3.53. The summed E-state index contributed by atoms with van der Waals surface area (Å²) in [5, 5.41) is 16.4. The maximum Gasteiger partial charge on any atom is 0.269 e. The number of aryl methyl sites for hydroxylation is 1. The van der Waals surface area contributed by atoms with Gasteiger partial charge in [-0.2, -0.15) is 0 Å². The van der Waals surface area contributed by atoms with Crippen molar-refractivity contribution in [1.82, 2.24) is 14.5 Å². The fourth-order valence-corrected chi connectivity index (χ4v) is 7.20. The maximum atomic E-state index is 11.4. The number of nitro groups is 1. The molecule has 0 saturated carbocycles. The van der Waals surface area contributed by atoms with Crippen molar-refractivity contribution in [3.8, 4) is 33.9 Å². The number of unbranched alkanes of at least 4 members (excludes halogenated alkanes) is 5. The van der Waals surface area contributed by atoms with Crippen LogP contribution in [0.1, 0.15) is 62.6 Å². The molecule has 0 amide bonds. The van der Waals surface area contributed by atoms with Crippen LogP contribution in [0.25, 0.3) is 44.8 Å². The molecule has 2 aromatic heterocycles. The number of imidazole rings is 1. The second-order valence-corrected chi connectivity index (χ2v) is 13.0. The molecular formula is C42H43N5O2. The van der Waals surface area contributed by atoms with Crippen molar-refractivity contribution in [3.63, 3.8) is 0 Å². The minimum absolute atomic E-state index is 0.0807. The van der Waals surface area contributed by atoms with Crippen LogP contribution in [-0.4, -0.2) is 26.0 Å². The Morgan fingerprint density at radius 2 is 1.33 bits per heavy atom. The highest BCUT2D eigenvalue weighted by Crippen LogP contribution is 2.37. The van der Waals surface area contributed by atoms with Crippen LogP contribution in [0.3, 0.4) is 0 Å². The number of rotatable bonds is 14. The summed E-state index contributed by atoms with van der Waals surface area (Å²) in [6, 6.07) is 36.0. The molecule has 0 bridgehead atoms. The zero-order valence-corrected chi connectivity index (χ0v) is 28.0. The highest BCUT2D eigenvalue weighted by molar-refractivity contribution is 5.93. The van der Waals surface area contributed by atoms with Gasteiger partial charge in [-0.05, 0) is 62.3 Å². The first kappa shape index (κ1) is 32.3. The van der Waals surface area contributed by atoms with Gasteiger partial charge in [0.1, 0.15) is 5.82 Å². The Kier molecular flexibility index (Phi) is 10.1. The van der Waals surface area contributed by atoms with Crippen molar-refractivity contribution in [2.75, 3.05) is 11.9 Å². The summed E-state index contributed by atoms with van der Waals surface area (Å²) >= 11 is 0. The minimum atomic E-state index is -0.356. The Bertz CT molecular complexity index is 2020. The van der Waals surface area contributed by atoms with Crippen molar-refractivity contribution in [1.29, 1.82) is 0 Å². The highest BCUT2D eigenvalue weighted by atomic mass is 16.6. The van der Waals surface area contributed by atoms with Crippen LogP contribution < -0.4 is 5.32 Å². The van der Waals surface area contributed by atoms with Gasteiger partial charge in [0.2, 0.25) is 0 Å². The lowest BCUT2D eigenvalue weighted by Crippen LogP contribution is -2.12. The van der Waals surface area contributed by atoms with Gasteiger partial charge < -0.3 is 9.88 Å². The van der Waals surface area contributed by atoms with Gasteiger partial charge in [-0.1, -0.05) is 105 Å². The molecule has 0 aliphatic heterocycles. The molecule has 7 rings (SSSR count). The van der Waals surface area contributed by atoms with Gasteiger partial charge in [-0.15, -0.1) is 0 Å². The van der Waals surface area contributed by atoms with Crippen LogP contribution in [0, 0.1) is 10.1 Å². The van der Waals surface area contributed by atoms with Crippen molar-refractivity contribution in [2.24, 2.45) is 0 Å². The summed E-state index contributed by atoms with van der Waals surface area (Å²) in [4.78, 5) is 21.2. The summed E-state index contributed by atoms with van der Waals surface area (Å²) in [5.74, 6) is 0.838. The monoisotopic (exact) mass is 649 g/mol. The van der Waals surface area contributed by atoms with Crippen LogP contribution in [0.5, 0.6) is 0 Å². The van der Waals surface area contributed by atoms with Gasteiger partial charge in [-0.25, -0.2) is 4.98 Å². The molecule has 1 aliphatic carbocycles. The van der Waals surface area contributed by atoms with E-state index in [1.165, 1.54) is 54.4 Å². The van der Waals surface area contributed by atoms with Crippen LogP contribution in [0.2, 0.25) is 0 Å². The van der Waals surface area contributed by atoms with E-state index < -0.39 is 0 Å². The lowest BCUT2D eigenvalue weighted by atomic mass is 9.92. The molecule has 248 valence electrons. The molecule has 0 saturated heterocycles. The molecule has 1 aliphatic rings. The third-order valence-corrected chi connectivity index (χ3v) is 9.68. The Morgan fingerprint density at radius 3 is 2.08 bits per heavy atom. The number of hydrogen-bond donors (Lipinski definition) is 1. The molecule has 0 fully saturated rings. The number of nitrogens with one attached hydrogen (secondary N) is 1. The molecule has 1 N–H and O–H groups in total. The molecular weight excluding hydrogens is 606 g/mol. The van der Waals surface area contributed by atoms with E-state index in [9.17, 15) is 10.1 Å². The number of nitro benzene ring substituents is 1. The van der Waals surface area contributed by atoms with Crippen molar-refractivity contribution in [3.05, 3.63) is 131 Å². The van der Waals surface area contributed by atoms with E-state index in [1.54, 1.807) is 12.1 Å². The molecule has 0 unspecified atom stereocenters. The fourth-order valence-electron chi connectivity index (χ4n) is 7.20. The SMILES string of the molecule is O=[N+]([O-])c1ccc(-c2nc(-c3ccccc3)c(-c3ccccc3)n2CCCCCCCCNc2c3c(nc4ccccc24)CCCC3)cc1. The van der Waals surface area contributed by atoms with E-state index in [0.29, 0.717) is 0 Å². The quantitative estimate of drug-likeness (QED) is 0.0721. The van der Waals surface area contributed by atoms with E-state index in [2.05, 4.69) is 70.5 Å². The van der Waals surface area contributed by atoms with E-state index in [0.717, 1.165) is 84.6 Å². The summed E-state index contributed by atoms with van der Waals surface area (Å²) in [7, 11) is 0. The summed E-state index contributed by atoms with van der Waals surface area (Å²) in [6.45, 7) is 1.80. The summed E-state index contributed by atoms with van der Waals surface area (Å²) in [5.41, 5.74) is 10.3. The number of para-hydroxylation sites is 1. The average molecular weight is 650 g/mol. The van der Waals surface area contributed by atoms with Crippen LogP contribution in [0.4, 0.5) is 11.4 Å². The first-order chi connectivity index (χ1) is 24.2. The maximum absolute atomic E-state index is 11.4. The Hall–Kier alpha value is -5.30. The molecule has 7 nitrogen and oxygen atoms in total. The Labute approximate surface area is 288 Å². The van der Waals surface area contributed by atoms with Gasteiger partial charge >= 0.3 is 0 Å². The topological polar surface area (TPSA) is 85.9 Å². The Morgan fingerprint density at radius 1 is 0.673 bits per heavy atom. The van der Waals surface area contributed by atoms with Crippen molar-refractivity contribution < 1.29 is 4.92 Å². The zero-order valence-electron chi connectivity index (χ0n) is 28.0. The van der Waals surface area contributed by atoms with Gasteiger partial charge in [0.05, 0.1) is 21.8 Å². The smallest absolute Gasteiger partial charge is 0.269 e. The first-order valence-corrected chi connectivity index (χ1v) is 17.8. The molecule has 0 radical (unpaired) electrons. The van der Waals surface area contributed by atoms with Gasteiger partial charge in [0.15, 0.2) is 0 Å². The molecule has 6 aromatic rings. The number of benzene rings is 4. The van der Waals surface area contributed by atoms with Crippen molar-refractivity contribution >= 4 is 22.3 Å². The third kappa shape index (κ3) is 7.26. The first-order valence-electron chi connectivity index (χ1n) is 17.8. The molecule has 7 heteroatoms. The van der Waals surface area contributed by atoms with E-state index >= 15 is 0 Å². The largest absolute Gasteiger partial charge is 0.384 e. The van der Waals surface area contributed by atoms with E-state index in [-0.39, 0.29) is 10.6 Å². The number of nitrogens with zero attached hydrogens (tertiary/aromatic N) is 4. The number of non-ortho nitro benzene ring substituents is 1. The minimum Gasteiger partial charge on any atom is -0.384 e. The van der Waals surface area contributed by atoms with Crippen LogP contribution in [0.15, 0.2) is 109 Å². The number of anilines is 1. The van der Waals surface area contributed by atoms with E-state index in [1.807, 2.05) is 36.4 Å². The Balaban J connectivity index is 1.01. The highest BCUT2D eigenvalue weighted by Gasteiger charge is 2.22. The van der Waals surface area contributed by atoms with Gasteiger partial charge in [-0.3, -0.25) is 15.1 Å². The number of aromatic nitrogens is 3. The summed E-state index contributed by atoms with van der Waals surface area (Å²) < 4.78 is 2.32. The molecule has 0 spiro atoms. The predicted molar refractivity (Wildman–Crippen MR) is 200 cm³/mol. The predicted octanol–water partition coefficient (Wildman–Crippen LogP) is 10.7. The van der Waals surface area contributed by atoms with Crippen LogP contribution >= 0.6 is 0 Å². The standard InChI is InChI=1S/C42H43N5O2/c48-47(49)34-27-25-33(26-28-34)42-45-39(31-17-7-5-8-18-31)41(32-19-9-6-10-20-32)46(42)30-16-4-2-1-3-15-29-43-40-35-21-11-13-23-37(35)44-38-24-14-12-22-36(38)40/h5-11,13,17-21,23,25-28H,1-4,12,14-16,22,24,29-30H2,(H,43,44). The number of pyridine rings is 1. The third-order valence-electron chi connectivity index (χ3n) is 9.68. The molecule has 2 heterocycles. The lowest BCUT2D eigenvalue weighted by molar-refractivity contribution is -0.384. The molecule has 49 heavy (non-hydrogen) atoms. The molecule has 0 atom stereocenters. The number of fused-ring (bicyclic) bond motifs is 2. The fraction of sp³-hybridized carbons (Fsp3) is 0.286. The second kappa shape index (κ2) is 15.3. The van der Waals surface area contributed by atoms with Crippen molar-refractivity contribution in [2.45, 2.75) is 70.8 Å². The zero-order chi connectivity index (χ0) is 33.4. The normalized spacial score (nSPS) is 12.6. The lowest BCUT2D eigenvalue weighted by Gasteiger charge is -2.21. The second-order valence-electron chi connectivity index (χ2n) is 13.0. The van der Waals surface area contributed by atoms with Gasteiger partial charge in [0, 0.05) is 58.7 Å². The van der Waals surface area contributed by atoms with E-state index in [4.69, 9.17) is 9.97 Å². The molecule has 4 aromatic carbocycles. The van der Waals surface area contributed by atoms with Crippen LogP contribution in [-0.2, 0) is 19.4 Å². The summed E-state index contributed by atoms with van der Waals surface area (Å²) in [6.07, 6.45) is 11.6. The van der Waals surface area contributed by atoms with Gasteiger partial charge in [0.25, 0.3) is 5.69 Å².